The van der Waals surface area contributed by atoms with Crippen LogP contribution in [0.5, 0.6) is 0 Å². The molecule has 1 aliphatic rings. The lowest BCUT2D eigenvalue weighted by molar-refractivity contribution is -0.0274. The Hall–Kier alpha value is -0.120. The zero-order chi connectivity index (χ0) is 9.73. The Morgan fingerprint density at radius 3 is 2.85 bits per heavy atom. The molecule has 2 atom stereocenters. The van der Waals surface area contributed by atoms with Gasteiger partial charge in [0.1, 0.15) is 0 Å². The summed E-state index contributed by atoms with van der Waals surface area (Å²) in [6.07, 6.45) is 3.79. The maximum Gasteiger partial charge on any atom is 0.0700 e. The van der Waals surface area contributed by atoms with Crippen LogP contribution < -0.4 is 11.1 Å². The van der Waals surface area contributed by atoms with Gasteiger partial charge < -0.3 is 16.2 Å². The lowest BCUT2D eigenvalue weighted by Gasteiger charge is -2.34. The Labute approximate surface area is 80.7 Å². The van der Waals surface area contributed by atoms with Gasteiger partial charge in [0, 0.05) is 0 Å². The van der Waals surface area contributed by atoms with Crippen LogP contribution in [0.1, 0.15) is 32.6 Å². The first-order valence-corrected chi connectivity index (χ1v) is 5.36. The molecule has 3 heteroatoms. The van der Waals surface area contributed by atoms with Crippen LogP contribution >= 0.6 is 0 Å². The number of rotatable bonds is 3. The Morgan fingerprint density at radius 2 is 2.23 bits per heavy atom. The zero-order valence-electron chi connectivity index (χ0n) is 8.55. The van der Waals surface area contributed by atoms with Crippen molar-refractivity contribution < 1.29 is 5.11 Å². The number of nitrogens with two attached hydrogens (primary N) is 1. The highest BCUT2D eigenvalue weighted by atomic mass is 16.3. The highest BCUT2D eigenvalue weighted by Crippen LogP contribution is 2.29. The van der Waals surface area contributed by atoms with Gasteiger partial charge in [0.15, 0.2) is 0 Å². The molecule has 0 radical (unpaired) electrons. The van der Waals surface area contributed by atoms with Crippen LogP contribution in [0, 0.1) is 5.92 Å². The fraction of sp³-hybridized carbons (Fsp3) is 1.00. The average Bonchev–Trinajstić information content (AvgIpc) is 2.33. The molecule has 3 nitrogen and oxygen atoms in total. The molecular formula is C10H22N2O. The van der Waals surface area contributed by atoms with E-state index >= 15 is 0 Å². The van der Waals surface area contributed by atoms with Crippen LogP contribution in [-0.2, 0) is 0 Å². The van der Waals surface area contributed by atoms with E-state index in [1.807, 2.05) is 0 Å². The van der Waals surface area contributed by atoms with E-state index < -0.39 is 5.60 Å². The molecule has 1 fully saturated rings. The number of hydrogen-bond donors (Lipinski definition) is 3. The molecule has 1 rings (SSSR count). The lowest BCUT2D eigenvalue weighted by atomic mass is 9.80. The van der Waals surface area contributed by atoms with Gasteiger partial charge in [0.05, 0.1) is 5.60 Å². The predicted octanol–water partition coefficient (Wildman–Crippen LogP) is 0.476. The highest BCUT2D eigenvalue weighted by Gasteiger charge is 2.34. The minimum atomic E-state index is -0.507. The number of aliphatic hydroxyl groups is 1. The van der Waals surface area contributed by atoms with E-state index in [1.54, 1.807) is 0 Å². The zero-order valence-corrected chi connectivity index (χ0v) is 8.55. The third kappa shape index (κ3) is 2.66. The molecule has 2 unspecified atom stereocenters. The average molecular weight is 186 g/mol. The first-order valence-electron chi connectivity index (χ1n) is 5.36. The third-order valence-electron chi connectivity index (χ3n) is 3.24. The molecule has 0 spiro atoms. The van der Waals surface area contributed by atoms with Crippen LogP contribution in [0.2, 0.25) is 0 Å². The van der Waals surface area contributed by atoms with E-state index in [0.29, 0.717) is 6.54 Å². The molecule has 0 aromatic rings. The lowest BCUT2D eigenvalue weighted by Crippen LogP contribution is -2.42. The van der Waals surface area contributed by atoms with Gasteiger partial charge in [-0.15, -0.1) is 0 Å². The standard InChI is InChI=1S/C10H22N2O/c1-2-9(8-11)10(13)4-3-6-12-7-5-10/h9,12-13H,2-8,11H2,1H3. The minimum absolute atomic E-state index is 0.271. The van der Waals surface area contributed by atoms with Crippen LogP contribution in [0.25, 0.3) is 0 Å². The summed E-state index contributed by atoms with van der Waals surface area (Å²) >= 11 is 0. The van der Waals surface area contributed by atoms with Crippen LogP contribution in [0.15, 0.2) is 0 Å². The Morgan fingerprint density at radius 1 is 1.46 bits per heavy atom. The predicted molar refractivity (Wildman–Crippen MR) is 54.5 cm³/mol. The van der Waals surface area contributed by atoms with E-state index in [0.717, 1.165) is 38.8 Å². The van der Waals surface area contributed by atoms with Crippen molar-refractivity contribution in [2.75, 3.05) is 19.6 Å². The second kappa shape index (κ2) is 4.94. The summed E-state index contributed by atoms with van der Waals surface area (Å²) in [5, 5.41) is 13.7. The van der Waals surface area contributed by atoms with Crippen molar-refractivity contribution in [3.63, 3.8) is 0 Å². The number of hydrogen-bond acceptors (Lipinski definition) is 3. The van der Waals surface area contributed by atoms with Crippen LogP contribution in [0.3, 0.4) is 0 Å². The molecule has 0 bridgehead atoms. The maximum absolute atomic E-state index is 10.4. The summed E-state index contributed by atoms with van der Waals surface area (Å²) in [5.74, 6) is 0.271. The fourth-order valence-corrected chi connectivity index (χ4v) is 2.25. The number of nitrogens with one attached hydrogen (secondary N) is 1. The van der Waals surface area contributed by atoms with Gasteiger partial charge in [-0.3, -0.25) is 0 Å². The summed E-state index contributed by atoms with van der Waals surface area (Å²) in [6.45, 7) is 4.66. The van der Waals surface area contributed by atoms with Gasteiger partial charge >= 0.3 is 0 Å². The molecular weight excluding hydrogens is 164 g/mol. The molecule has 0 saturated carbocycles. The van der Waals surface area contributed by atoms with Crippen molar-refractivity contribution in [2.24, 2.45) is 11.7 Å². The molecule has 0 aromatic heterocycles. The van der Waals surface area contributed by atoms with E-state index in [4.69, 9.17) is 5.73 Å². The van der Waals surface area contributed by atoms with E-state index in [1.165, 1.54) is 0 Å². The fourth-order valence-electron chi connectivity index (χ4n) is 2.25. The molecule has 1 saturated heterocycles. The van der Waals surface area contributed by atoms with E-state index in [-0.39, 0.29) is 5.92 Å². The maximum atomic E-state index is 10.4. The van der Waals surface area contributed by atoms with Crippen molar-refractivity contribution in [2.45, 2.75) is 38.2 Å². The van der Waals surface area contributed by atoms with E-state index in [2.05, 4.69) is 12.2 Å². The minimum Gasteiger partial charge on any atom is -0.390 e. The Bertz CT molecular complexity index is 138. The van der Waals surface area contributed by atoms with Crippen molar-refractivity contribution >= 4 is 0 Å². The van der Waals surface area contributed by atoms with Crippen molar-refractivity contribution in [1.29, 1.82) is 0 Å². The molecule has 0 amide bonds. The third-order valence-corrected chi connectivity index (χ3v) is 3.24. The first kappa shape index (κ1) is 11.0. The Balaban J connectivity index is 2.58. The van der Waals surface area contributed by atoms with Crippen molar-refractivity contribution in [3.05, 3.63) is 0 Å². The second-order valence-corrected chi connectivity index (χ2v) is 4.05. The first-order chi connectivity index (χ1) is 6.23. The van der Waals surface area contributed by atoms with Gasteiger partial charge in [-0.05, 0) is 51.2 Å². The molecule has 0 aromatic carbocycles. The van der Waals surface area contributed by atoms with E-state index in [9.17, 15) is 5.11 Å². The summed E-state index contributed by atoms with van der Waals surface area (Å²) in [6, 6.07) is 0. The largest absolute Gasteiger partial charge is 0.390 e. The van der Waals surface area contributed by atoms with Gasteiger partial charge in [0.25, 0.3) is 0 Å². The van der Waals surface area contributed by atoms with Crippen molar-refractivity contribution in [3.8, 4) is 0 Å². The SMILES string of the molecule is CCC(CN)C1(O)CCCNCC1. The van der Waals surface area contributed by atoms with Gasteiger partial charge in [-0.1, -0.05) is 6.92 Å². The quantitative estimate of drug-likeness (QED) is 0.601. The molecule has 13 heavy (non-hydrogen) atoms. The highest BCUT2D eigenvalue weighted by molar-refractivity contribution is 4.88. The summed E-state index contributed by atoms with van der Waals surface area (Å²) in [7, 11) is 0. The molecule has 1 heterocycles. The molecule has 78 valence electrons. The smallest absolute Gasteiger partial charge is 0.0700 e. The monoisotopic (exact) mass is 186 g/mol. The van der Waals surface area contributed by atoms with Crippen LogP contribution in [-0.4, -0.2) is 30.3 Å². The normalized spacial score (nSPS) is 32.5. The molecule has 4 N–H and O–H groups in total. The topological polar surface area (TPSA) is 58.3 Å². The van der Waals surface area contributed by atoms with Gasteiger partial charge in [-0.25, -0.2) is 0 Å². The summed E-state index contributed by atoms with van der Waals surface area (Å²) in [4.78, 5) is 0. The van der Waals surface area contributed by atoms with Gasteiger partial charge in [-0.2, -0.15) is 0 Å². The van der Waals surface area contributed by atoms with Gasteiger partial charge in [0.2, 0.25) is 0 Å². The summed E-state index contributed by atoms with van der Waals surface area (Å²) in [5.41, 5.74) is 5.16. The molecule has 1 aliphatic heterocycles. The summed E-state index contributed by atoms with van der Waals surface area (Å²) < 4.78 is 0. The Kier molecular flexibility index (Phi) is 4.16. The van der Waals surface area contributed by atoms with Crippen LogP contribution in [0.4, 0.5) is 0 Å². The van der Waals surface area contributed by atoms with Crippen molar-refractivity contribution in [1.82, 2.24) is 5.32 Å². The second-order valence-electron chi connectivity index (χ2n) is 4.05. The molecule has 0 aliphatic carbocycles.